The third-order valence-electron chi connectivity index (χ3n) is 2.77. The molecule has 6 heteroatoms. The number of nitrogens with one attached hydrogen (secondary N) is 1. The summed E-state index contributed by atoms with van der Waals surface area (Å²) >= 11 is 0. The second kappa shape index (κ2) is 6.56. The fourth-order valence-electron chi connectivity index (χ4n) is 1.69. The Hall–Kier alpha value is -1.14. The summed E-state index contributed by atoms with van der Waals surface area (Å²) in [6.07, 6.45) is 0. The summed E-state index contributed by atoms with van der Waals surface area (Å²) < 4.78 is 10.1. The van der Waals surface area contributed by atoms with Gasteiger partial charge in [-0.25, -0.2) is 0 Å². The van der Waals surface area contributed by atoms with Crippen LogP contribution in [0.2, 0.25) is 0 Å². The number of carbonyl (C=O) groups excluding carboxylic acids is 2. The molecule has 0 aromatic heterocycles. The van der Waals surface area contributed by atoms with Gasteiger partial charge in [0.1, 0.15) is 12.1 Å². The molecule has 1 saturated heterocycles. The molecule has 1 fully saturated rings. The molecule has 2 amide bonds. The molecule has 0 aliphatic carbocycles. The van der Waals surface area contributed by atoms with Crippen LogP contribution in [0, 0.1) is 0 Å². The van der Waals surface area contributed by atoms with E-state index in [2.05, 4.69) is 5.32 Å². The molecule has 1 aliphatic rings. The number of rotatable bonds is 6. The summed E-state index contributed by atoms with van der Waals surface area (Å²) in [5.74, 6) is -0.179. The lowest BCUT2D eigenvalue weighted by atomic mass is 10.1. The number of piperazine rings is 1. The minimum absolute atomic E-state index is 0.0626. The zero-order valence-electron chi connectivity index (χ0n) is 10.6. The van der Waals surface area contributed by atoms with Crippen molar-refractivity contribution >= 4 is 11.8 Å². The first kappa shape index (κ1) is 13.9. The van der Waals surface area contributed by atoms with E-state index in [0.717, 1.165) is 0 Å². The third-order valence-corrected chi connectivity index (χ3v) is 2.77. The number of amides is 2. The van der Waals surface area contributed by atoms with E-state index in [1.54, 1.807) is 25.9 Å². The Labute approximate surface area is 101 Å². The monoisotopic (exact) mass is 244 g/mol. The Morgan fingerprint density at radius 3 is 2.59 bits per heavy atom. The van der Waals surface area contributed by atoms with Crippen LogP contribution in [-0.2, 0) is 19.1 Å². The number of methoxy groups -OCH3 is 1. The molecule has 0 bridgehead atoms. The van der Waals surface area contributed by atoms with E-state index < -0.39 is 12.1 Å². The zero-order valence-corrected chi connectivity index (χ0v) is 10.6. The van der Waals surface area contributed by atoms with Crippen molar-refractivity contribution in [2.45, 2.75) is 25.9 Å². The standard InChI is InChI=1S/C11H20N2O4/c1-8-11(15)13(9(2)10(14)12-8)4-5-17-7-6-16-3/h8-9H,4-7H2,1-3H3,(H,12,14). The van der Waals surface area contributed by atoms with Gasteiger partial charge in [-0.2, -0.15) is 0 Å². The average molecular weight is 244 g/mol. The van der Waals surface area contributed by atoms with E-state index in [0.29, 0.717) is 26.4 Å². The number of nitrogens with zero attached hydrogens (tertiary/aromatic N) is 1. The molecular formula is C11H20N2O4. The van der Waals surface area contributed by atoms with Gasteiger partial charge in [0.2, 0.25) is 11.8 Å². The van der Waals surface area contributed by atoms with Gasteiger partial charge in [0.05, 0.1) is 19.8 Å². The Bertz CT molecular complexity index is 283. The topological polar surface area (TPSA) is 67.9 Å². The molecule has 17 heavy (non-hydrogen) atoms. The van der Waals surface area contributed by atoms with Gasteiger partial charge in [-0.1, -0.05) is 0 Å². The molecule has 0 saturated carbocycles. The van der Waals surface area contributed by atoms with E-state index in [1.807, 2.05) is 0 Å². The second-order valence-corrected chi connectivity index (χ2v) is 4.04. The predicted molar refractivity (Wildman–Crippen MR) is 61.5 cm³/mol. The Kier molecular flexibility index (Phi) is 5.37. The number of ether oxygens (including phenoxy) is 2. The molecule has 1 N–H and O–H groups in total. The van der Waals surface area contributed by atoms with Gasteiger partial charge in [-0.15, -0.1) is 0 Å². The van der Waals surface area contributed by atoms with Crippen molar-refractivity contribution in [2.75, 3.05) is 33.5 Å². The average Bonchev–Trinajstić information content (AvgIpc) is 2.30. The highest BCUT2D eigenvalue weighted by Gasteiger charge is 2.35. The molecular weight excluding hydrogens is 224 g/mol. The summed E-state index contributed by atoms with van der Waals surface area (Å²) in [4.78, 5) is 24.9. The van der Waals surface area contributed by atoms with Crippen LogP contribution in [0.1, 0.15) is 13.8 Å². The van der Waals surface area contributed by atoms with Gasteiger partial charge in [-0.05, 0) is 13.8 Å². The number of hydrogen-bond donors (Lipinski definition) is 1. The highest BCUT2D eigenvalue weighted by Crippen LogP contribution is 2.08. The lowest BCUT2D eigenvalue weighted by molar-refractivity contribution is -0.148. The lowest BCUT2D eigenvalue weighted by Gasteiger charge is -2.35. The summed E-state index contributed by atoms with van der Waals surface area (Å²) in [5.41, 5.74) is 0. The minimum Gasteiger partial charge on any atom is -0.382 e. The molecule has 1 aliphatic heterocycles. The lowest BCUT2D eigenvalue weighted by Crippen LogP contribution is -2.61. The van der Waals surface area contributed by atoms with Crippen molar-refractivity contribution in [1.29, 1.82) is 0 Å². The van der Waals surface area contributed by atoms with Gasteiger partial charge < -0.3 is 19.7 Å². The van der Waals surface area contributed by atoms with E-state index >= 15 is 0 Å². The molecule has 2 unspecified atom stereocenters. The van der Waals surface area contributed by atoms with Crippen molar-refractivity contribution in [3.05, 3.63) is 0 Å². The molecule has 1 rings (SSSR count). The van der Waals surface area contributed by atoms with Crippen molar-refractivity contribution in [1.82, 2.24) is 10.2 Å². The van der Waals surface area contributed by atoms with Crippen LogP contribution >= 0.6 is 0 Å². The van der Waals surface area contributed by atoms with Crippen LogP contribution in [0.15, 0.2) is 0 Å². The first-order valence-corrected chi connectivity index (χ1v) is 5.75. The molecule has 2 atom stereocenters. The zero-order chi connectivity index (χ0) is 12.8. The van der Waals surface area contributed by atoms with Crippen LogP contribution in [0.4, 0.5) is 0 Å². The van der Waals surface area contributed by atoms with Gasteiger partial charge in [0, 0.05) is 13.7 Å². The number of carbonyl (C=O) groups is 2. The van der Waals surface area contributed by atoms with Gasteiger partial charge in [0.25, 0.3) is 0 Å². The summed E-state index contributed by atoms with van der Waals surface area (Å²) in [5, 5.41) is 2.63. The highest BCUT2D eigenvalue weighted by atomic mass is 16.5. The van der Waals surface area contributed by atoms with Crippen molar-refractivity contribution in [2.24, 2.45) is 0 Å². The molecule has 0 aromatic rings. The van der Waals surface area contributed by atoms with Crippen LogP contribution in [-0.4, -0.2) is 62.3 Å². The van der Waals surface area contributed by atoms with Crippen LogP contribution in [0.25, 0.3) is 0 Å². The fourth-order valence-corrected chi connectivity index (χ4v) is 1.69. The smallest absolute Gasteiger partial charge is 0.245 e. The van der Waals surface area contributed by atoms with Gasteiger partial charge in [-0.3, -0.25) is 9.59 Å². The Balaban J connectivity index is 2.38. The van der Waals surface area contributed by atoms with Crippen LogP contribution in [0.5, 0.6) is 0 Å². The maximum absolute atomic E-state index is 11.8. The largest absolute Gasteiger partial charge is 0.382 e. The minimum atomic E-state index is -0.447. The number of hydrogen-bond acceptors (Lipinski definition) is 4. The van der Waals surface area contributed by atoms with Crippen molar-refractivity contribution < 1.29 is 19.1 Å². The summed E-state index contributed by atoms with van der Waals surface area (Å²) in [6, 6.07) is -0.873. The molecule has 1 heterocycles. The normalized spacial score (nSPS) is 25.0. The predicted octanol–water partition coefficient (Wildman–Crippen LogP) is -0.615. The molecule has 0 aromatic carbocycles. The van der Waals surface area contributed by atoms with E-state index in [-0.39, 0.29) is 11.8 Å². The van der Waals surface area contributed by atoms with E-state index in [9.17, 15) is 9.59 Å². The summed E-state index contributed by atoms with van der Waals surface area (Å²) in [6.45, 7) is 5.27. The Morgan fingerprint density at radius 2 is 1.94 bits per heavy atom. The SMILES string of the molecule is COCCOCCN1C(=O)C(C)NC(=O)C1C. The van der Waals surface area contributed by atoms with E-state index in [1.165, 1.54) is 0 Å². The first-order chi connectivity index (χ1) is 8.07. The first-order valence-electron chi connectivity index (χ1n) is 5.75. The molecule has 0 radical (unpaired) electrons. The second-order valence-electron chi connectivity index (χ2n) is 4.04. The van der Waals surface area contributed by atoms with Crippen LogP contribution in [0.3, 0.4) is 0 Å². The van der Waals surface area contributed by atoms with E-state index in [4.69, 9.17) is 9.47 Å². The molecule has 6 nitrogen and oxygen atoms in total. The summed E-state index contributed by atoms with van der Waals surface area (Å²) in [7, 11) is 1.60. The van der Waals surface area contributed by atoms with Crippen molar-refractivity contribution in [3.63, 3.8) is 0 Å². The quantitative estimate of drug-likeness (QED) is 0.633. The molecule has 0 spiro atoms. The third kappa shape index (κ3) is 3.67. The highest BCUT2D eigenvalue weighted by molar-refractivity contribution is 5.96. The van der Waals surface area contributed by atoms with Crippen LogP contribution < -0.4 is 5.32 Å². The van der Waals surface area contributed by atoms with Crippen molar-refractivity contribution in [3.8, 4) is 0 Å². The fraction of sp³-hybridized carbons (Fsp3) is 0.818. The maximum Gasteiger partial charge on any atom is 0.245 e. The maximum atomic E-state index is 11.8. The van der Waals surface area contributed by atoms with Gasteiger partial charge in [0.15, 0.2) is 0 Å². The van der Waals surface area contributed by atoms with Gasteiger partial charge >= 0.3 is 0 Å². The Morgan fingerprint density at radius 1 is 1.24 bits per heavy atom. The molecule has 98 valence electrons.